The van der Waals surface area contributed by atoms with Crippen molar-refractivity contribution in [1.82, 2.24) is 14.3 Å². The molecule has 3 rings (SSSR count). The second-order valence-electron chi connectivity index (χ2n) is 7.06. The first-order chi connectivity index (χ1) is 13.7. The maximum atomic E-state index is 13.8. The first kappa shape index (κ1) is 21.2. The van der Waals surface area contributed by atoms with E-state index in [4.69, 9.17) is 5.26 Å². The molecule has 1 aromatic carbocycles. The van der Waals surface area contributed by atoms with E-state index in [1.165, 1.54) is 4.57 Å². The Morgan fingerprint density at radius 2 is 1.93 bits per heavy atom. The van der Waals surface area contributed by atoms with Gasteiger partial charge >= 0.3 is 6.18 Å². The van der Waals surface area contributed by atoms with Crippen LogP contribution in [0.15, 0.2) is 41.6 Å². The maximum Gasteiger partial charge on any atom is 0.406 e. The van der Waals surface area contributed by atoms with Crippen LogP contribution in [0.1, 0.15) is 22.3 Å². The van der Waals surface area contributed by atoms with Crippen LogP contribution >= 0.6 is 11.9 Å². The number of nitrogens with zero attached hydrogens (tertiary/aromatic N) is 3. The normalized spacial score (nSPS) is 12.9. The van der Waals surface area contributed by atoms with Crippen molar-refractivity contribution in [2.45, 2.75) is 50.9 Å². The quantitative estimate of drug-likeness (QED) is 0.555. The van der Waals surface area contributed by atoms with Gasteiger partial charge in [-0.15, -0.1) is 0 Å². The average Bonchev–Trinajstić information content (AvgIpc) is 2.97. The van der Waals surface area contributed by atoms with E-state index in [-0.39, 0.29) is 13.0 Å². The molecule has 1 N–H and O–H groups in total. The maximum absolute atomic E-state index is 13.8. The van der Waals surface area contributed by atoms with Crippen molar-refractivity contribution in [3.05, 3.63) is 58.9 Å². The summed E-state index contributed by atoms with van der Waals surface area (Å²) in [6, 6.07) is 7.67. The Hall–Kier alpha value is -2.50. The van der Waals surface area contributed by atoms with Crippen LogP contribution in [0.5, 0.6) is 0 Å². The molecule has 0 aliphatic carbocycles. The number of nitrogens with one attached hydrogen (secondary N) is 1. The van der Waals surface area contributed by atoms with Crippen molar-refractivity contribution in [3.63, 3.8) is 0 Å². The van der Waals surface area contributed by atoms with Crippen molar-refractivity contribution in [1.29, 1.82) is 5.26 Å². The van der Waals surface area contributed by atoms with E-state index >= 15 is 0 Å². The summed E-state index contributed by atoms with van der Waals surface area (Å²) in [5.74, 6) is 0. The fourth-order valence-electron chi connectivity index (χ4n) is 3.42. The highest BCUT2D eigenvalue weighted by Crippen LogP contribution is 2.30. The van der Waals surface area contributed by atoms with Gasteiger partial charge in [0.2, 0.25) is 0 Å². The number of nitriles is 1. The van der Waals surface area contributed by atoms with Gasteiger partial charge in [-0.3, -0.25) is 0 Å². The molecule has 0 radical (unpaired) electrons. The second kappa shape index (κ2) is 8.47. The van der Waals surface area contributed by atoms with Crippen LogP contribution < -0.4 is 4.72 Å². The van der Waals surface area contributed by atoms with Gasteiger partial charge in [-0.25, -0.2) is 9.71 Å². The van der Waals surface area contributed by atoms with E-state index in [1.54, 1.807) is 24.5 Å². The molecule has 3 aromatic rings. The molecule has 8 heteroatoms. The number of fused-ring (bicyclic) bond motifs is 1. The predicted octanol–water partition coefficient (Wildman–Crippen LogP) is 5.26. The number of aryl methyl sites for hydroxylation is 3. The van der Waals surface area contributed by atoms with Gasteiger partial charge in [0.1, 0.15) is 11.7 Å². The molecule has 2 aromatic heterocycles. The highest BCUT2D eigenvalue weighted by molar-refractivity contribution is 7.97. The number of rotatable bonds is 6. The van der Waals surface area contributed by atoms with Gasteiger partial charge in [-0.05, 0) is 61.5 Å². The van der Waals surface area contributed by atoms with Crippen molar-refractivity contribution >= 4 is 23.0 Å². The Kier molecular flexibility index (Phi) is 6.20. The lowest BCUT2D eigenvalue weighted by molar-refractivity contribution is -0.153. The van der Waals surface area contributed by atoms with Crippen LogP contribution in [0.25, 0.3) is 11.0 Å². The summed E-state index contributed by atoms with van der Waals surface area (Å²) in [7, 11) is 0. The summed E-state index contributed by atoms with van der Waals surface area (Å²) in [4.78, 5) is 5.02. The number of hydrogen-bond acceptors (Lipinski definition) is 4. The van der Waals surface area contributed by atoms with Gasteiger partial charge in [-0.2, -0.15) is 18.4 Å². The van der Waals surface area contributed by atoms with Crippen LogP contribution in [0.3, 0.4) is 0 Å². The van der Waals surface area contributed by atoms with E-state index < -0.39 is 12.2 Å². The van der Waals surface area contributed by atoms with Gasteiger partial charge in [0.15, 0.2) is 0 Å². The van der Waals surface area contributed by atoms with Crippen LogP contribution in [0.2, 0.25) is 0 Å². The summed E-state index contributed by atoms with van der Waals surface area (Å²) in [6.45, 7) is 5.41. The first-order valence-corrected chi connectivity index (χ1v) is 9.89. The molecule has 1 atom stereocenters. The molecule has 0 spiro atoms. The molecule has 0 amide bonds. The van der Waals surface area contributed by atoms with Gasteiger partial charge in [0.05, 0.1) is 12.5 Å². The number of halogens is 3. The zero-order valence-corrected chi connectivity index (χ0v) is 17.2. The van der Waals surface area contributed by atoms with Crippen molar-refractivity contribution in [2.75, 3.05) is 0 Å². The molecule has 0 saturated carbocycles. The smallest absolute Gasteiger partial charge is 0.330 e. The number of pyridine rings is 1. The lowest BCUT2D eigenvalue weighted by Crippen LogP contribution is -2.42. The minimum atomic E-state index is -4.44. The Bertz CT molecular complexity index is 1040. The molecule has 1 unspecified atom stereocenters. The molecule has 0 aliphatic heterocycles. The Labute approximate surface area is 171 Å². The van der Waals surface area contributed by atoms with E-state index in [9.17, 15) is 13.2 Å². The molecule has 2 heterocycles. The number of hydrogen-bond donors (Lipinski definition) is 1. The molecular formula is C21H21F3N4S. The average molecular weight is 418 g/mol. The molecule has 0 saturated heterocycles. The highest BCUT2D eigenvalue weighted by Gasteiger charge is 2.40. The fourth-order valence-corrected chi connectivity index (χ4v) is 4.33. The second-order valence-corrected chi connectivity index (χ2v) is 7.91. The van der Waals surface area contributed by atoms with Gasteiger partial charge in [-0.1, -0.05) is 17.7 Å². The van der Waals surface area contributed by atoms with E-state index in [2.05, 4.69) is 15.8 Å². The number of benzene rings is 1. The molecule has 0 bridgehead atoms. The van der Waals surface area contributed by atoms with Crippen molar-refractivity contribution < 1.29 is 13.2 Å². The van der Waals surface area contributed by atoms with Crippen LogP contribution in [0.4, 0.5) is 13.2 Å². The van der Waals surface area contributed by atoms with Crippen LogP contribution in [-0.4, -0.2) is 21.8 Å². The Balaban J connectivity index is 1.88. The summed E-state index contributed by atoms with van der Waals surface area (Å²) in [5, 5.41) is 9.71. The Morgan fingerprint density at radius 1 is 1.24 bits per heavy atom. The topological polar surface area (TPSA) is 53.6 Å². The molecule has 4 nitrogen and oxygen atoms in total. The minimum Gasteiger partial charge on any atom is -0.330 e. The number of aromatic nitrogens is 2. The van der Waals surface area contributed by atoms with E-state index in [0.29, 0.717) is 16.6 Å². The molecule has 29 heavy (non-hydrogen) atoms. The van der Waals surface area contributed by atoms with Crippen LogP contribution in [0, 0.1) is 32.1 Å². The lowest BCUT2D eigenvalue weighted by Gasteiger charge is -2.23. The SMILES string of the molecule is Cc1cc(C)c(SNC(Cn2cc(CC#N)c3cccnc32)C(F)(F)F)c(C)c1. The molecule has 0 aliphatic rings. The third-order valence-corrected chi connectivity index (χ3v) is 5.92. The van der Waals surface area contributed by atoms with E-state index in [1.807, 2.05) is 32.9 Å². The summed E-state index contributed by atoms with van der Waals surface area (Å²) >= 11 is 1.00. The number of alkyl halides is 3. The largest absolute Gasteiger partial charge is 0.406 e. The van der Waals surface area contributed by atoms with Crippen molar-refractivity contribution in [2.24, 2.45) is 0 Å². The van der Waals surface area contributed by atoms with Crippen LogP contribution in [-0.2, 0) is 13.0 Å². The monoisotopic (exact) mass is 418 g/mol. The third-order valence-electron chi connectivity index (χ3n) is 4.67. The summed E-state index contributed by atoms with van der Waals surface area (Å²) < 4.78 is 45.4. The third kappa shape index (κ3) is 4.74. The highest BCUT2D eigenvalue weighted by atomic mass is 32.2. The first-order valence-electron chi connectivity index (χ1n) is 9.07. The molecule has 152 valence electrons. The predicted molar refractivity (Wildman–Crippen MR) is 109 cm³/mol. The zero-order chi connectivity index (χ0) is 21.2. The zero-order valence-electron chi connectivity index (χ0n) is 16.3. The standard InChI is InChI=1S/C21H21F3N4S/c1-13-9-14(2)19(15(3)10-13)29-27-18(21(22,23)24)12-28-11-16(6-7-25)17-5-4-8-26-20(17)28/h4-5,8-11,18,27H,6,12H2,1-3H3. The lowest BCUT2D eigenvalue weighted by atomic mass is 10.1. The minimum absolute atomic E-state index is 0.121. The fraction of sp³-hybridized carbons (Fsp3) is 0.333. The molecular weight excluding hydrogens is 397 g/mol. The van der Waals surface area contributed by atoms with Gasteiger partial charge in [0.25, 0.3) is 0 Å². The van der Waals surface area contributed by atoms with E-state index in [0.717, 1.165) is 33.5 Å². The van der Waals surface area contributed by atoms with Gasteiger partial charge in [0, 0.05) is 29.2 Å². The molecule has 0 fully saturated rings. The van der Waals surface area contributed by atoms with Crippen molar-refractivity contribution in [3.8, 4) is 6.07 Å². The summed E-state index contributed by atoms with van der Waals surface area (Å²) in [6.07, 6.45) is -1.19. The Morgan fingerprint density at radius 3 is 2.55 bits per heavy atom. The van der Waals surface area contributed by atoms with Gasteiger partial charge < -0.3 is 4.57 Å². The summed E-state index contributed by atoms with van der Waals surface area (Å²) in [5.41, 5.74) is 4.07.